The van der Waals surface area contributed by atoms with Crippen LogP contribution in [0.3, 0.4) is 0 Å². The monoisotopic (exact) mass is 735 g/mol. The van der Waals surface area contributed by atoms with Crippen molar-refractivity contribution >= 4 is 44.8 Å². The van der Waals surface area contributed by atoms with Crippen LogP contribution in [0.15, 0.2) is 24.3 Å². The average Bonchev–Trinajstić information content (AvgIpc) is 3.58. The van der Waals surface area contributed by atoms with Crippen molar-refractivity contribution in [2.45, 2.75) is 137 Å². The maximum Gasteiger partial charge on any atom is 0.258 e. The highest BCUT2D eigenvalue weighted by Crippen LogP contribution is 2.37. The Morgan fingerprint density at radius 2 is 1.62 bits per heavy atom. The third kappa shape index (κ3) is 10.7. The van der Waals surface area contributed by atoms with Gasteiger partial charge in [-0.15, -0.1) is 10.2 Å². The van der Waals surface area contributed by atoms with Crippen molar-refractivity contribution in [1.29, 1.82) is 0 Å². The molecular weight excluding hydrogens is 678 g/mol. The van der Waals surface area contributed by atoms with Gasteiger partial charge in [0.05, 0.1) is 17.1 Å². The zero-order valence-electron chi connectivity index (χ0n) is 31.5. The van der Waals surface area contributed by atoms with E-state index in [0.29, 0.717) is 35.0 Å². The molecule has 1 atom stereocenters. The molecule has 2 heterocycles. The molecule has 4 N–H and O–H groups in total. The number of anilines is 1. The number of unbranched alkanes of at least 4 members (excludes halogenated alkanes) is 5. The lowest BCUT2D eigenvalue weighted by atomic mass is 9.73. The largest absolute Gasteiger partial charge is 0.482 e. The lowest BCUT2D eigenvalue weighted by molar-refractivity contribution is -0.125. The third-order valence-corrected chi connectivity index (χ3v) is 11.1. The highest BCUT2D eigenvalue weighted by Gasteiger charge is 2.44. The van der Waals surface area contributed by atoms with E-state index in [4.69, 9.17) is 16.3 Å². The fraction of sp³-hybridized carbons (Fsp3) is 0.667. The predicted octanol–water partition coefficient (Wildman–Crippen LogP) is 6.89. The normalized spacial score (nSPS) is 13.5. The topological polar surface area (TPSA) is 160 Å². The van der Waals surface area contributed by atoms with Gasteiger partial charge in [-0.1, -0.05) is 111 Å². The van der Waals surface area contributed by atoms with E-state index in [1.54, 1.807) is 28.8 Å². The second-order valence-corrected chi connectivity index (χ2v) is 17.9. The Bertz CT molecular complexity index is 1710. The number of hydrogen-bond acceptors (Lipinski definition) is 7. The van der Waals surface area contributed by atoms with E-state index in [-0.39, 0.29) is 35.3 Å². The van der Waals surface area contributed by atoms with E-state index >= 15 is 0 Å². The summed E-state index contributed by atoms with van der Waals surface area (Å²) in [6.45, 7) is 19.6. The Hall–Kier alpha value is -3.16. The summed E-state index contributed by atoms with van der Waals surface area (Å²) in [6.07, 6.45) is 6.06. The molecular formula is C36H58ClN7O5S. The van der Waals surface area contributed by atoms with Gasteiger partial charge in [-0.25, -0.2) is 17.7 Å². The van der Waals surface area contributed by atoms with Gasteiger partial charge in [0.25, 0.3) is 5.91 Å². The SMILES string of the molecule is CCCCCCCCS(=O)(=O)NC(CC(C)C)C(=O)Nc1ccccc1OCC(=O)NC(C)(C)C(C)(C)c1nnc2c(Cl)c(C(C)(C)C)[nH]n12. The zero-order valence-corrected chi connectivity index (χ0v) is 33.1. The quantitative estimate of drug-likeness (QED) is 0.0976. The first-order valence-corrected chi connectivity index (χ1v) is 19.7. The number of rotatable bonds is 19. The van der Waals surface area contributed by atoms with E-state index in [1.165, 1.54) is 0 Å². The summed E-state index contributed by atoms with van der Waals surface area (Å²) in [5.41, 5.74) is -0.0932. The minimum atomic E-state index is -3.67. The van der Waals surface area contributed by atoms with Crippen molar-refractivity contribution in [3.05, 3.63) is 40.8 Å². The smallest absolute Gasteiger partial charge is 0.258 e. The Morgan fingerprint density at radius 3 is 2.26 bits per heavy atom. The van der Waals surface area contributed by atoms with Crippen LogP contribution in [-0.4, -0.2) is 64.0 Å². The van der Waals surface area contributed by atoms with E-state index in [9.17, 15) is 18.0 Å². The van der Waals surface area contributed by atoms with Gasteiger partial charge in [-0.2, -0.15) is 0 Å². The first-order valence-electron chi connectivity index (χ1n) is 17.7. The van der Waals surface area contributed by atoms with Crippen LogP contribution in [0.2, 0.25) is 5.02 Å². The van der Waals surface area contributed by atoms with Gasteiger partial charge in [-0.3, -0.25) is 14.7 Å². The van der Waals surface area contributed by atoms with Gasteiger partial charge >= 0.3 is 0 Å². The molecule has 12 nitrogen and oxygen atoms in total. The molecule has 0 radical (unpaired) electrons. The van der Waals surface area contributed by atoms with Crippen molar-refractivity contribution in [1.82, 2.24) is 29.9 Å². The molecule has 280 valence electrons. The Kier molecular flexibility index (Phi) is 14.0. The number of amides is 2. The van der Waals surface area contributed by atoms with Crippen molar-refractivity contribution in [3.63, 3.8) is 0 Å². The Labute approximate surface area is 303 Å². The first kappa shape index (κ1) is 41.3. The number of nitrogens with one attached hydrogen (secondary N) is 4. The molecule has 14 heteroatoms. The minimum Gasteiger partial charge on any atom is -0.482 e. The number of sulfonamides is 1. The van der Waals surface area contributed by atoms with Crippen LogP contribution in [0.25, 0.3) is 5.65 Å². The Morgan fingerprint density at radius 1 is 0.980 bits per heavy atom. The summed E-state index contributed by atoms with van der Waals surface area (Å²) >= 11 is 6.65. The molecule has 1 unspecified atom stereocenters. The van der Waals surface area contributed by atoms with E-state index in [1.807, 2.05) is 41.5 Å². The number of aromatic amines is 1. The number of carbonyl (C=O) groups excluding carboxylic acids is 2. The number of benzene rings is 1. The number of fused-ring (bicyclic) bond motifs is 1. The third-order valence-electron chi connectivity index (χ3n) is 9.24. The molecule has 2 aromatic heterocycles. The van der Waals surface area contributed by atoms with Gasteiger partial charge in [-0.05, 0) is 44.7 Å². The lowest BCUT2D eigenvalue weighted by Gasteiger charge is -2.40. The summed E-state index contributed by atoms with van der Waals surface area (Å²) < 4.78 is 36.1. The van der Waals surface area contributed by atoms with Crippen LogP contribution in [-0.2, 0) is 30.4 Å². The van der Waals surface area contributed by atoms with Crippen LogP contribution < -0.4 is 20.1 Å². The number of hydrogen-bond donors (Lipinski definition) is 4. The fourth-order valence-corrected chi connectivity index (χ4v) is 7.40. The van der Waals surface area contributed by atoms with Crippen LogP contribution in [0.4, 0.5) is 5.69 Å². The highest BCUT2D eigenvalue weighted by atomic mass is 35.5. The molecule has 3 aromatic rings. The summed E-state index contributed by atoms with van der Waals surface area (Å²) in [6, 6.07) is 5.80. The number of halogens is 1. The molecule has 1 aromatic carbocycles. The molecule has 0 aliphatic rings. The van der Waals surface area contributed by atoms with Crippen molar-refractivity contribution in [2.75, 3.05) is 17.7 Å². The molecule has 0 aliphatic heterocycles. The van der Waals surface area contributed by atoms with Gasteiger partial charge in [0.1, 0.15) is 16.8 Å². The van der Waals surface area contributed by atoms with Crippen molar-refractivity contribution in [2.24, 2.45) is 5.92 Å². The van der Waals surface area contributed by atoms with Crippen molar-refractivity contribution < 1.29 is 22.7 Å². The standard InChI is InChI=1S/C36H58ClN7O5S/c1-11-12-13-14-15-18-21-50(47,48)43-26(22-24(2)3)32(46)38-25-19-16-17-20-27(25)49-23-28(45)39-36(9,10)35(7,8)33-41-40-31-29(37)30(34(4,5)6)42-44(31)33/h16-17,19-20,24,26,42-43H,11-15,18,21-23H2,1-10H3,(H,38,46)(H,39,45). The number of nitrogens with zero attached hydrogens (tertiary/aromatic N) is 3. The van der Waals surface area contributed by atoms with Gasteiger partial charge in [0.15, 0.2) is 18.1 Å². The number of ether oxygens (including phenoxy) is 1. The zero-order chi connectivity index (χ0) is 37.5. The molecule has 50 heavy (non-hydrogen) atoms. The highest BCUT2D eigenvalue weighted by molar-refractivity contribution is 7.89. The maximum absolute atomic E-state index is 13.4. The van der Waals surface area contributed by atoms with E-state index < -0.39 is 32.9 Å². The summed E-state index contributed by atoms with van der Waals surface area (Å²) in [5.74, 6) is 0.0385. The molecule has 0 fully saturated rings. The molecule has 0 saturated carbocycles. The molecule has 2 amide bonds. The van der Waals surface area contributed by atoms with Crippen molar-refractivity contribution in [3.8, 4) is 5.75 Å². The van der Waals surface area contributed by atoms with Gasteiger partial charge < -0.3 is 15.4 Å². The molecule has 0 spiro atoms. The second-order valence-electron chi connectivity index (χ2n) is 15.7. The second kappa shape index (κ2) is 16.9. The predicted molar refractivity (Wildman–Crippen MR) is 200 cm³/mol. The number of aromatic nitrogens is 4. The van der Waals surface area contributed by atoms with E-state index in [0.717, 1.165) is 37.8 Å². The number of para-hydroxylation sites is 2. The van der Waals surface area contributed by atoms with Gasteiger partial charge in [0.2, 0.25) is 15.9 Å². The van der Waals surface area contributed by atoms with Crippen LogP contribution in [0.1, 0.15) is 126 Å². The van der Waals surface area contributed by atoms with Gasteiger partial charge in [0, 0.05) is 16.4 Å². The van der Waals surface area contributed by atoms with Crippen LogP contribution in [0.5, 0.6) is 5.75 Å². The summed E-state index contributed by atoms with van der Waals surface area (Å²) in [4.78, 5) is 26.8. The number of H-pyrrole nitrogens is 1. The molecule has 0 saturated heterocycles. The average molecular weight is 736 g/mol. The first-order chi connectivity index (χ1) is 23.2. The number of carbonyl (C=O) groups is 2. The minimum absolute atomic E-state index is 0.0262. The molecule has 3 rings (SSSR count). The Balaban J connectivity index is 1.67. The van der Waals surface area contributed by atoms with Crippen LogP contribution in [0, 0.1) is 5.92 Å². The molecule has 0 aliphatic carbocycles. The fourth-order valence-electron chi connectivity index (χ4n) is 5.61. The molecule has 0 bridgehead atoms. The summed E-state index contributed by atoms with van der Waals surface area (Å²) in [7, 11) is -3.67. The van der Waals surface area contributed by atoms with Crippen LogP contribution >= 0.6 is 11.6 Å². The summed E-state index contributed by atoms with van der Waals surface area (Å²) in [5, 5.41) is 18.5. The maximum atomic E-state index is 13.4. The lowest BCUT2D eigenvalue weighted by Crippen LogP contribution is -2.57. The van der Waals surface area contributed by atoms with E-state index in [2.05, 4.69) is 58.3 Å².